The highest BCUT2D eigenvalue weighted by Gasteiger charge is 2.43. The monoisotopic (exact) mass is 436 g/mol. The number of ether oxygens (including phenoxy) is 1. The van der Waals surface area contributed by atoms with E-state index >= 15 is 0 Å². The molecule has 0 aromatic heterocycles. The molecule has 0 aliphatic heterocycles. The van der Waals surface area contributed by atoms with Gasteiger partial charge in [-0.2, -0.15) is 0 Å². The van der Waals surface area contributed by atoms with Gasteiger partial charge in [0.15, 0.2) is 6.61 Å². The topological polar surface area (TPSA) is 74.0 Å². The van der Waals surface area contributed by atoms with E-state index in [1.807, 2.05) is 54.6 Å². The van der Waals surface area contributed by atoms with Gasteiger partial charge in [0.25, 0.3) is 5.69 Å². The molecule has 1 saturated carbocycles. The maximum absolute atomic E-state index is 11.0. The third-order valence-electron chi connectivity index (χ3n) is 5.16. The van der Waals surface area contributed by atoms with Crippen molar-refractivity contribution in [3.05, 3.63) is 105 Å². The van der Waals surface area contributed by atoms with Crippen molar-refractivity contribution in [2.24, 2.45) is 11.1 Å². The Balaban J connectivity index is 1.45. The maximum Gasteiger partial charge on any atom is 0.269 e. The Bertz CT molecular complexity index is 1050. The van der Waals surface area contributed by atoms with Gasteiger partial charge in [-0.3, -0.25) is 10.1 Å². The minimum absolute atomic E-state index is 0.0466. The molecule has 31 heavy (non-hydrogen) atoms. The summed E-state index contributed by atoms with van der Waals surface area (Å²) in [7, 11) is 0. The van der Waals surface area contributed by atoms with Crippen molar-refractivity contribution in [1.29, 1.82) is 0 Å². The van der Waals surface area contributed by atoms with Crippen molar-refractivity contribution in [2.45, 2.75) is 12.3 Å². The number of benzene rings is 3. The molecule has 3 aromatic carbocycles. The summed E-state index contributed by atoms with van der Waals surface area (Å²) >= 11 is 6.00. The van der Waals surface area contributed by atoms with Crippen molar-refractivity contribution in [1.82, 2.24) is 0 Å². The fourth-order valence-corrected chi connectivity index (χ4v) is 3.62. The maximum atomic E-state index is 11.0. The summed E-state index contributed by atoms with van der Waals surface area (Å²) in [5, 5.41) is 16.1. The lowest BCUT2D eigenvalue weighted by atomic mass is 10.0. The molecular weight excluding hydrogens is 416 g/mol. The summed E-state index contributed by atoms with van der Waals surface area (Å²) in [6.07, 6.45) is 0.932. The SMILES string of the molecule is O=[N+]([O-])c1ccc(/C(=N\OCCOc2ccccc2)C2CC2c2ccc(Cl)cc2)cc1. The third kappa shape index (κ3) is 5.41. The van der Waals surface area contributed by atoms with Gasteiger partial charge in [-0.25, -0.2) is 0 Å². The zero-order chi connectivity index (χ0) is 21.6. The normalized spacial score (nSPS) is 17.8. The van der Waals surface area contributed by atoms with Crippen LogP contribution in [-0.2, 0) is 4.84 Å². The minimum Gasteiger partial charge on any atom is -0.490 e. The van der Waals surface area contributed by atoms with Crippen LogP contribution in [0, 0.1) is 16.0 Å². The van der Waals surface area contributed by atoms with Gasteiger partial charge >= 0.3 is 0 Å². The lowest BCUT2D eigenvalue weighted by Gasteiger charge is -2.09. The zero-order valence-electron chi connectivity index (χ0n) is 16.7. The Morgan fingerprint density at radius 1 is 1.00 bits per heavy atom. The van der Waals surface area contributed by atoms with Crippen LogP contribution in [0.25, 0.3) is 0 Å². The predicted molar refractivity (Wildman–Crippen MR) is 120 cm³/mol. The number of non-ortho nitro benzene ring substituents is 1. The molecule has 0 saturated heterocycles. The number of hydrogen-bond acceptors (Lipinski definition) is 5. The van der Waals surface area contributed by atoms with Crippen molar-refractivity contribution < 1.29 is 14.5 Å². The fraction of sp³-hybridized carbons (Fsp3) is 0.208. The van der Waals surface area contributed by atoms with Crippen LogP contribution in [-0.4, -0.2) is 23.8 Å². The first kappa shape index (κ1) is 20.9. The quantitative estimate of drug-likeness (QED) is 0.182. The van der Waals surface area contributed by atoms with Gasteiger partial charge in [0.1, 0.15) is 12.4 Å². The van der Waals surface area contributed by atoms with E-state index in [4.69, 9.17) is 21.2 Å². The van der Waals surface area contributed by atoms with Gasteiger partial charge in [-0.1, -0.05) is 47.1 Å². The van der Waals surface area contributed by atoms with Crippen LogP contribution in [0.15, 0.2) is 84.0 Å². The van der Waals surface area contributed by atoms with Crippen LogP contribution < -0.4 is 4.74 Å². The Morgan fingerprint density at radius 3 is 2.39 bits per heavy atom. The average Bonchev–Trinajstić information content (AvgIpc) is 3.58. The predicted octanol–water partition coefficient (Wildman–Crippen LogP) is 5.85. The van der Waals surface area contributed by atoms with Crippen LogP contribution in [0.3, 0.4) is 0 Å². The Hall–Kier alpha value is -3.38. The lowest BCUT2D eigenvalue weighted by molar-refractivity contribution is -0.384. The summed E-state index contributed by atoms with van der Waals surface area (Å²) in [6, 6.07) is 23.7. The van der Waals surface area contributed by atoms with Crippen LogP contribution in [0.2, 0.25) is 5.02 Å². The molecule has 0 amide bonds. The van der Waals surface area contributed by atoms with Crippen molar-refractivity contribution in [3.63, 3.8) is 0 Å². The number of para-hydroxylation sites is 1. The van der Waals surface area contributed by atoms with Crippen LogP contribution in [0.4, 0.5) is 5.69 Å². The van der Waals surface area contributed by atoms with Crippen LogP contribution in [0.1, 0.15) is 23.5 Å². The number of nitro groups is 1. The molecule has 6 nitrogen and oxygen atoms in total. The molecule has 1 fully saturated rings. The molecule has 3 aromatic rings. The van der Waals surface area contributed by atoms with Gasteiger partial charge in [0, 0.05) is 28.6 Å². The Morgan fingerprint density at radius 2 is 1.71 bits per heavy atom. The molecule has 7 heteroatoms. The fourth-order valence-electron chi connectivity index (χ4n) is 3.49. The molecular formula is C24H21ClN2O4. The van der Waals surface area contributed by atoms with Crippen LogP contribution in [0.5, 0.6) is 5.75 Å². The molecule has 2 atom stereocenters. The Labute approximate surface area is 185 Å². The van der Waals surface area contributed by atoms with E-state index in [1.165, 1.54) is 17.7 Å². The highest BCUT2D eigenvalue weighted by molar-refractivity contribution is 6.30. The van der Waals surface area contributed by atoms with Crippen LogP contribution >= 0.6 is 11.6 Å². The highest BCUT2D eigenvalue weighted by atomic mass is 35.5. The second kappa shape index (κ2) is 9.62. The van der Waals surface area contributed by atoms with Gasteiger partial charge < -0.3 is 9.57 Å². The molecule has 0 N–H and O–H groups in total. The summed E-state index contributed by atoms with van der Waals surface area (Å²) in [6.45, 7) is 0.663. The molecule has 158 valence electrons. The largest absolute Gasteiger partial charge is 0.490 e. The molecule has 1 aliphatic carbocycles. The highest BCUT2D eigenvalue weighted by Crippen LogP contribution is 2.49. The minimum atomic E-state index is -0.411. The molecule has 0 spiro atoms. The number of nitrogens with zero attached hydrogens (tertiary/aromatic N) is 2. The van der Waals surface area contributed by atoms with E-state index in [1.54, 1.807) is 12.1 Å². The molecule has 0 heterocycles. The average molecular weight is 437 g/mol. The number of halogens is 1. The van der Waals surface area contributed by atoms with Gasteiger partial charge in [-0.15, -0.1) is 0 Å². The van der Waals surface area contributed by atoms with E-state index in [0.29, 0.717) is 24.2 Å². The second-order valence-corrected chi connectivity index (χ2v) is 7.71. The van der Waals surface area contributed by atoms with E-state index < -0.39 is 4.92 Å². The first-order chi connectivity index (χ1) is 15.1. The van der Waals surface area contributed by atoms with E-state index in [2.05, 4.69) is 5.16 Å². The summed E-state index contributed by atoms with van der Waals surface area (Å²) in [4.78, 5) is 16.1. The second-order valence-electron chi connectivity index (χ2n) is 7.28. The lowest BCUT2D eigenvalue weighted by Crippen LogP contribution is -2.09. The summed E-state index contributed by atoms with van der Waals surface area (Å²) < 4.78 is 5.63. The van der Waals surface area contributed by atoms with Gasteiger partial charge in [0.05, 0.1) is 10.6 Å². The zero-order valence-corrected chi connectivity index (χ0v) is 17.4. The summed E-state index contributed by atoms with van der Waals surface area (Å²) in [5.41, 5.74) is 2.84. The summed E-state index contributed by atoms with van der Waals surface area (Å²) in [5.74, 6) is 1.27. The first-order valence-electron chi connectivity index (χ1n) is 10.00. The number of oxime groups is 1. The molecule has 2 unspecified atom stereocenters. The number of nitro benzene ring substituents is 1. The van der Waals surface area contributed by atoms with Gasteiger partial charge in [-0.05, 0) is 54.3 Å². The van der Waals surface area contributed by atoms with Crippen molar-refractivity contribution in [3.8, 4) is 5.75 Å². The number of hydrogen-bond donors (Lipinski definition) is 0. The van der Waals surface area contributed by atoms with Crippen molar-refractivity contribution >= 4 is 23.0 Å². The molecule has 1 aliphatic rings. The molecule has 0 radical (unpaired) electrons. The van der Waals surface area contributed by atoms with E-state index in [-0.39, 0.29) is 11.6 Å². The van der Waals surface area contributed by atoms with E-state index in [9.17, 15) is 10.1 Å². The number of rotatable bonds is 9. The third-order valence-corrected chi connectivity index (χ3v) is 5.42. The Kier molecular flexibility index (Phi) is 6.48. The smallest absolute Gasteiger partial charge is 0.269 e. The first-order valence-corrected chi connectivity index (χ1v) is 10.4. The standard InChI is InChI=1S/C24H21ClN2O4/c25-19-10-6-17(7-11-19)22-16-23(22)24(18-8-12-20(13-9-18)27(28)29)26-31-15-14-30-21-4-2-1-3-5-21/h1-13,22-23H,14-16H2/b26-24+. The molecule has 4 rings (SSSR count). The van der Waals surface area contributed by atoms with Crippen molar-refractivity contribution in [2.75, 3.05) is 13.2 Å². The van der Waals surface area contributed by atoms with Gasteiger partial charge in [0.2, 0.25) is 0 Å². The molecule has 0 bridgehead atoms. The van der Waals surface area contributed by atoms with E-state index in [0.717, 1.165) is 23.4 Å².